The minimum atomic E-state index is -4.24. The number of hydrogen-bond donors (Lipinski definition) is 0. The molecule has 0 nitrogen and oxygen atoms in total. The molecule has 1 aromatic carbocycles. The van der Waals surface area contributed by atoms with E-state index in [1.54, 1.807) is 12.1 Å². The molecule has 7 heteroatoms. The number of rotatable bonds is 1. The number of halogens is 5. The van der Waals surface area contributed by atoms with Crippen LogP contribution in [0.15, 0.2) is 27.6 Å². The van der Waals surface area contributed by atoms with Crippen molar-refractivity contribution in [3.63, 3.8) is 0 Å². The van der Waals surface area contributed by atoms with Crippen LogP contribution in [0.5, 0.6) is 0 Å². The molecule has 0 N–H and O–H groups in total. The molecule has 86 valence electrons. The molecule has 2 aromatic rings. The lowest BCUT2D eigenvalue weighted by Gasteiger charge is -2.04. The van der Waals surface area contributed by atoms with Gasteiger partial charge in [0.1, 0.15) is 0 Å². The summed E-state index contributed by atoms with van der Waals surface area (Å²) in [6.07, 6.45) is 0. The summed E-state index contributed by atoms with van der Waals surface area (Å²) in [6, 6.07) is 5.29. The summed E-state index contributed by atoms with van der Waals surface area (Å²) in [5, 5.41) is 0.658. The highest BCUT2D eigenvalue weighted by Crippen LogP contribution is 2.47. The largest absolute Gasteiger partial charge is 0.446 e. The predicted octanol–water partition coefficient (Wildman–Crippen LogP) is 5.88. The summed E-state index contributed by atoms with van der Waals surface area (Å²) < 4.78 is 39.5. The van der Waals surface area contributed by atoms with E-state index in [0.29, 0.717) is 13.2 Å². The van der Waals surface area contributed by atoms with Crippen LogP contribution in [0.2, 0.25) is 0 Å². The van der Waals surface area contributed by atoms with Crippen molar-refractivity contribution in [3.8, 4) is 0 Å². The van der Waals surface area contributed by atoms with Crippen LogP contribution in [-0.2, 0) is 0 Å². The first-order valence-corrected chi connectivity index (χ1v) is 7.51. The molecule has 0 unspecified atom stereocenters. The molecule has 0 aliphatic heterocycles. The SMILES string of the molecule is FC(F)(F)Sc1c(I)sc2c(Br)cccc12. The monoisotopic (exact) mass is 438 g/mol. The van der Waals surface area contributed by atoms with E-state index >= 15 is 0 Å². The Hall–Kier alpha value is 0.530. The maximum Gasteiger partial charge on any atom is 0.446 e. The van der Waals surface area contributed by atoms with Gasteiger partial charge in [0.15, 0.2) is 0 Å². The first kappa shape index (κ1) is 13.0. The van der Waals surface area contributed by atoms with Gasteiger partial charge in [-0.2, -0.15) is 13.2 Å². The quantitative estimate of drug-likeness (QED) is 0.395. The van der Waals surface area contributed by atoms with Crippen molar-refractivity contribution in [2.75, 3.05) is 0 Å². The van der Waals surface area contributed by atoms with E-state index in [2.05, 4.69) is 15.9 Å². The van der Waals surface area contributed by atoms with Crippen LogP contribution in [0.1, 0.15) is 0 Å². The minimum Gasteiger partial charge on any atom is -0.160 e. The van der Waals surface area contributed by atoms with Crippen molar-refractivity contribution in [1.29, 1.82) is 0 Å². The summed E-state index contributed by atoms with van der Waals surface area (Å²) in [7, 11) is 0. The predicted molar refractivity (Wildman–Crippen MR) is 74.2 cm³/mol. The van der Waals surface area contributed by atoms with Gasteiger partial charge >= 0.3 is 5.51 Å². The van der Waals surface area contributed by atoms with Gasteiger partial charge in [-0.25, -0.2) is 0 Å². The summed E-state index contributed by atoms with van der Waals surface area (Å²) in [5.74, 6) is 0. The first-order chi connectivity index (χ1) is 7.38. The zero-order valence-corrected chi connectivity index (χ0v) is 12.8. The van der Waals surface area contributed by atoms with Gasteiger partial charge in [0.2, 0.25) is 0 Å². The molecule has 0 spiro atoms. The number of thioether (sulfide) groups is 1. The van der Waals surface area contributed by atoms with Gasteiger partial charge in [-0.15, -0.1) is 11.3 Å². The number of hydrogen-bond acceptors (Lipinski definition) is 2. The fraction of sp³-hybridized carbons (Fsp3) is 0.111. The molecule has 0 fully saturated rings. The van der Waals surface area contributed by atoms with E-state index in [0.717, 1.165) is 9.17 Å². The van der Waals surface area contributed by atoms with Crippen LogP contribution in [-0.4, -0.2) is 5.51 Å². The van der Waals surface area contributed by atoms with Crippen LogP contribution in [0.25, 0.3) is 10.1 Å². The zero-order chi connectivity index (χ0) is 11.9. The second-order valence-electron chi connectivity index (χ2n) is 2.87. The van der Waals surface area contributed by atoms with Gasteiger partial charge in [-0.05, 0) is 56.3 Å². The maximum absolute atomic E-state index is 12.4. The van der Waals surface area contributed by atoms with Crippen molar-refractivity contribution < 1.29 is 13.2 Å². The zero-order valence-electron chi connectivity index (χ0n) is 7.44. The molecule has 0 atom stereocenters. The molecular weight excluding hydrogens is 436 g/mol. The fourth-order valence-electron chi connectivity index (χ4n) is 1.24. The summed E-state index contributed by atoms with van der Waals surface area (Å²) in [6.45, 7) is 0. The Balaban J connectivity index is 2.61. The number of thiophene rings is 1. The van der Waals surface area contributed by atoms with E-state index in [-0.39, 0.29) is 11.8 Å². The lowest BCUT2D eigenvalue weighted by molar-refractivity contribution is -0.0327. The van der Waals surface area contributed by atoms with Crippen molar-refractivity contribution in [2.24, 2.45) is 0 Å². The average Bonchev–Trinajstić information content (AvgIpc) is 2.44. The third kappa shape index (κ3) is 2.68. The lowest BCUT2D eigenvalue weighted by Crippen LogP contribution is -1.99. The van der Waals surface area contributed by atoms with Crippen LogP contribution in [0.3, 0.4) is 0 Å². The highest BCUT2D eigenvalue weighted by Gasteiger charge is 2.32. The molecule has 0 aliphatic carbocycles. The standard InChI is InChI=1S/C9H3BrF3IS2/c10-5-3-1-2-4-6(5)15-8(14)7(4)16-9(11,12)13/h1-3H. The van der Waals surface area contributed by atoms with Crippen molar-refractivity contribution in [2.45, 2.75) is 10.4 Å². The Morgan fingerprint density at radius 2 is 2.00 bits per heavy atom. The molecule has 0 bridgehead atoms. The Bertz CT molecular complexity index is 535. The summed E-state index contributed by atoms with van der Waals surface area (Å²) >= 11 is 6.61. The molecule has 0 saturated carbocycles. The fourth-order valence-corrected chi connectivity index (χ4v) is 4.87. The molecule has 0 radical (unpaired) electrons. The summed E-state index contributed by atoms with van der Waals surface area (Å²) in [4.78, 5) is 0.300. The smallest absolute Gasteiger partial charge is 0.160 e. The van der Waals surface area contributed by atoms with E-state index in [4.69, 9.17) is 0 Å². The van der Waals surface area contributed by atoms with Gasteiger partial charge in [-0.1, -0.05) is 12.1 Å². The Labute approximate surface area is 120 Å². The molecule has 16 heavy (non-hydrogen) atoms. The number of fused-ring (bicyclic) bond motifs is 1. The average molecular weight is 439 g/mol. The molecule has 2 rings (SSSR count). The highest BCUT2D eigenvalue weighted by molar-refractivity contribution is 14.1. The second-order valence-corrected chi connectivity index (χ2v) is 7.63. The summed E-state index contributed by atoms with van der Waals surface area (Å²) in [5.41, 5.74) is -4.24. The minimum absolute atomic E-state index is 0.0457. The van der Waals surface area contributed by atoms with Crippen LogP contribution >= 0.6 is 61.6 Å². The number of alkyl halides is 3. The first-order valence-electron chi connectivity index (χ1n) is 4.01. The van der Waals surface area contributed by atoms with Gasteiger partial charge < -0.3 is 0 Å². The second kappa shape index (κ2) is 4.66. The van der Waals surface area contributed by atoms with Crippen LogP contribution < -0.4 is 0 Å². The topological polar surface area (TPSA) is 0 Å². The maximum atomic E-state index is 12.4. The van der Waals surface area contributed by atoms with Crippen molar-refractivity contribution >= 4 is 71.7 Å². The van der Waals surface area contributed by atoms with Crippen molar-refractivity contribution in [3.05, 3.63) is 25.6 Å². The Morgan fingerprint density at radius 1 is 1.31 bits per heavy atom. The van der Waals surface area contributed by atoms with Crippen molar-refractivity contribution in [1.82, 2.24) is 0 Å². The molecule has 0 aliphatic rings. The van der Waals surface area contributed by atoms with Gasteiger partial charge in [-0.3, -0.25) is 0 Å². The Kier molecular flexibility index (Phi) is 3.78. The third-order valence-corrected chi connectivity index (χ3v) is 6.30. The van der Waals surface area contributed by atoms with E-state index < -0.39 is 5.51 Å². The van der Waals surface area contributed by atoms with E-state index in [1.165, 1.54) is 11.3 Å². The molecular formula is C9H3BrF3IS2. The van der Waals surface area contributed by atoms with Crippen LogP contribution in [0, 0.1) is 2.88 Å². The van der Waals surface area contributed by atoms with Crippen LogP contribution in [0.4, 0.5) is 13.2 Å². The molecule has 1 aromatic heterocycles. The molecule has 0 amide bonds. The third-order valence-electron chi connectivity index (χ3n) is 1.80. The van der Waals surface area contributed by atoms with Gasteiger partial charge in [0.05, 0.1) is 7.58 Å². The highest BCUT2D eigenvalue weighted by atomic mass is 127. The van der Waals surface area contributed by atoms with E-state index in [9.17, 15) is 13.2 Å². The number of benzene rings is 1. The Morgan fingerprint density at radius 3 is 2.62 bits per heavy atom. The molecule has 1 heterocycles. The van der Waals surface area contributed by atoms with E-state index in [1.807, 2.05) is 28.7 Å². The molecule has 0 saturated heterocycles. The normalized spacial score (nSPS) is 12.3. The van der Waals surface area contributed by atoms with Gasteiger partial charge in [0.25, 0.3) is 0 Å². The lowest BCUT2D eigenvalue weighted by atomic mass is 10.3. The van der Waals surface area contributed by atoms with Gasteiger partial charge in [0, 0.05) is 14.8 Å².